The first-order valence-corrected chi connectivity index (χ1v) is 10.3. The van der Waals surface area contributed by atoms with E-state index in [9.17, 15) is 14.0 Å². The largest absolute Gasteiger partial charge is 0.491 e. The number of amides is 2. The molecule has 1 aromatic heterocycles. The topological polar surface area (TPSA) is 71.5 Å². The number of ether oxygens (including phenoxy) is 1. The van der Waals surface area contributed by atoms with E-state index in [-0.39, 0.29) is 30.5 Å². The number of anilines is 1. The number of para-hydroxylation sites is 1. The molecular weight excluding hydrogens is 397 g/mol. The second-order valence-electron chi connectivity index (χ2n) is 7.68. The maximum atomic E-state index is 14.2. The van der Waals surface area contributed by atoms with E-state index >= 15 is 0 Å². The van der Waals surface area contributed by atoms with Crippen LogP contribution >= 0.6 is 0 Å². The Morgan fingerprint density at radius 1 is 1.26 bits per heavy atom. The van der Waals surface area contributed by atoms with E-state index in [1.165, 1.54) is 11.0 Å². The number of aryl methyl sites for hydroxylation is 1. The monoisotopic (exact) mass is 421 g/mol. The molecule has 7 heteroatoms. The summed E-state index contributed by atoms with van der Waals surface area (Å²) in [6.45, 7) is 2.83. The lowest BCUT2D eigenvalue weighted by Crippen LogP contribution is -2.34. The number of nitrogens with zero attached hydrogens (tertiary/aromatic N) is 2. The molecule has 2 amide bonds. The first-order valence-electron chi connectivity index (χ1n) is 10.3. The van der Waals surface area contributed by atoms with Crippen molar-refractivity contribution >= 4 is 28.4 Å². The lowest BCUT2D eigenvalue weighted by atomic mass is 10.1. The van der Waals surface area contributed by atoms with Gasteiger partial charge in [-0.25, -0.2) is 4.39 Å². The summed E-state index contributed by atoms with van der Waals surface area (Å²) in [6, 6.07) is 14.4. The molecule has 0 radical (unpaired) electrons. The highest BCUT2D eigenvalue weighted by Crippen LogP contribution is 2.28. The zero-order valence-electron chi connectivity index (χ0n) is 17.3. The standard InChI is InChI=1S/C24H24FN3O3/c1-16-8-9-20(19(25)13-16)28-15-18(14-22(28)29)24(30)27-11-4-12-31-21-7-2-5-17-6-3-10-26-23(17)21/h2-3,5-10,13,18H,4,11-12,14-15H2,1H3,(H,27,30). The Morgan fingerprint density at radius 2 is 2.10 bits per heavy atom. The van der Waals surface area contributed by atoms with Crippen LogP contribution in [0.1, 0.15) is 18.4 Å². The zero-order chi connectivity index (χ0) is 21.8. The van der Waals surface area contributed by atoms with Gasteiger partial charge >= 0.3 is 0 Å². The van der Waals surface area contributed by atoms with Crippen LogP contribution in [0.4, 0.5) is 10.1 Å². The normalized spacial score (nSPS) is 16.0. The molecule has 4 rings (SSSR count). The molecule has 31 heavy (non-hydrogen) atoms. The van der Waals surface area contributed by atoms with Crippen molar-refractivity contribution in [1.82, 2.24) is 10.3 Å². The molecule has 6 nitrogen and oxygen atoms in total. The summed E-state index contributed by atoms with van der Waals surface area (Å²) in [7, 11) is 0. The molecule has 2 heterocycles. The van der Waals surface area contributed by atoms with E-state index in [4.69, 9.17) is 4.74 Å². The summed E-state index contributed by atoms with van der Waals surface area (Å²) in [5, 5.41) is 3.87. The van der Waals surface area contributed by atoms with Crippen LogP contribution in [-0.2, 0) is 9.59 Å². The Hall–Kier alpha value is -3.48. The van der Waals surface area contributed by atoms with Crippen molar-refractivity contribution in [1.29, 1.82) is 0 Å². The number of carbonyl (C=O) groups excluding carboxylic acids is 2. The van der Waals surface area contributed by atoms with Crippen LogP contribution in [0.3, 0.4) is 0 Å². The Morgan fingerprint density at radius 3 is 2.94 bits per heavy atom. The molecule has 1 aliphatic rings. The average molecular weight is 421 g/mol. The fourth-order valence-corrected chi connectivity index (χ4v) is 3.75. The first kappa shape index (κ1) is 20.8. The van der Waals surface area contributed by atoms with Crippen molar-refractivity contribution in [2.24, 2.45) is 5.92 Å². The fraction of sp³-hybridized carbons (Fsp3) is 0.292. The maximum Gasteiger partial charge on any atom is 0.227 e. The predicted octanol–water partition coefficient (Wildman–Crippen LogP) is 3.62. The third kappa shape index (κ3) is 4.66. The lowest BCUT2D eigenvalue weighted by Gasteiger charge is -2.18. The van der Waals surface area contributed by atoms with Gasteiger partial charge in [-0.05, 0) is 43.2 Å². The van der Waals surface area contributed by atoms with Crippen LogP contribution in [-0.4, -0.2) is 36.5 Å². The molecule has 2 aromatic carbocycles. The van der Waals surface area contributed by atoms with Crippen molar-refractivity contribution in [3.05, 3.63) is 66.1 Å². The fourth-order valence-electron chi connectivity index (χ4n) is 3.75. The molecule has 0 aliphatic carbocycles. The van der Waals surface area contributed by atoms with Crippen LogP contribution in [0.25, 0.3) is 10.9 Å². The van der Waals surface area contributed by atoms with Crippen LogP contribution < -0.4 is 15.0 Å². The molecule has 0 bridgehead atoms. The molecular formula is C24H24FN3O3. The van der Waals surface area contributed by atoms with Gasteiger partial charge in [-0.1, -0.05) is 24.3 Å². The summed E-state index contributed by atoms with van der Waals surface area (Å²) in [6.07, 6.45) is 2.42. The van der Waals surface area contributed by atoms with Crippen LogP contribution in [0.15, 0.2) is 54.7 Å². The molecule has 0 saturated carbocycles. The zero-order valence-corrected chi connectivity index (χ0v) is 17.3. The maximum absolute atomic E-state index is 14.2. The molecule has 1 unspecified atom stereocenters. The van der Waals surface area contributed by atoms with Crippen molar-refractivity contribution in [2.75, 3.05) is 24.6 Å². The van der Waals surface area contributed by atoms with Gasteiger partial charge in [0, 0.05) is 31.1 Å². The molecule has 1 aliphatic heterocycles. The number of halogens is 1. The van der Waals surface area contributed by atoms with Crippen molar-refractivity contribution in [2.45, 2.75) is 19.8 Å². The van der Waals surface area contributed by atoms with E-state index in [0.29, 0.717) is 25.3 Å². The number of aromatic nitrogens is 1. The summed E-state index contributed by atoms with van der Waals surface area (Å²) in [5.74, 6) is -0.669. The number of rotatable bonds is 7. The van der Waals surface area contributed by atoms with Gasteiger partial charge in [-0.3, -0.25) is 14.6 Å². The summed E-state index contributed by atoms with van der Waals surface area (Å²) < 4.78 is 20.0. The Bertz CT molecular complexity index is 1110. The quantitative estimate of drug-likeness (QED) is 0.592. The van der Waals surface area contributed by atoms with Crippen LogP contribution in [0.2, 0.25) is 0 Å². The molecule has 0 spiro atoms. The van der Waals surface area contributed by atoms with Gasteiger partial charge in [-0.15, -0.1) is 0 Å². The van der Waals surface area contributed by atoms with Crippen LogP contribution in [0, 0.1) is 18.7 Å². The van der Waals surface area contributed by atoms with Gasteiger partial charge < -0.3 is 15.0 Å². The first-order chi connectivity index (χ1) is 15.0. The molecule has 3 aromatic rings. The SMILES string of the molecule is Cc1ccc(N2CC(C(=O)NCCCOc3cccc4cccnc34)CC2=O)c(F)c1. The van der Waals surface area contributed by atoms with Gasteiger partial charge in [0.15, 0.2) is 0 Å². The average Bonchev–Trinajstić information content (AvgIpc) is 3.15. The van der Waals surface area contributed by atoms with Gasteiger partial charge in [0.25, 0.3) is 0 Å². The van der Waals surface area contributed by atoms with Gasteiger partial charge in [0.1, 0.15) is 17.1 Å². The van der Waals surface area contributed by atoms with Gasteiger partial charge in [-0.2, -0.15) is 0 Å². The highest BCUT2D eigenvalue weighted by molar-refractivity contribution is 6.00. The second kappa shape index (κ2) is 9.12. The highest BCUT2D eigenvalue weighted by atomic mass is 19.1. The van der Waals surface area contributed by atoms with Gasteiger partial charge in [0.05, 0.1) is 18.2 Å². The van der Waals surface area contributed by atoms with E-state index in [1.54, 1.807) is 25.3 Å². The Kier molecular flexibility index (Phi) is 6.11. The Labute approximate surface area is 180 Å². The molecule has 1 fully saturated rings. The van der Waals surface area contributed by atoms with Crippen molar-refractivity contribution in [3.63, 3.8) is 0 Å². The minimum Gasteiger partial charge on any atom is -0.491 e. The summed E-state index contributed by atoms with van der Waals surface area (Å²) in [4.78, 5) is 30.5. The lowest BCUT2D eigenvalue weighted by molar-refractivity contribution is -0.126. The summed E-state index contributed by atoms with van der Waals surface area (Å²) in [5.41, 5.74) is 1.81. The van der Waals surface area contributed by atoms with E-state index in [0.717, 1.165) is 16.5 Å². The van der Waals surface area contributed by atoms with Gasteiger partial charge in [0.2, 0.25) is 11.8 Å². The number of carbonyl (C=O) groups is 2. The van der Waals surface area contributed by atoms with Crippen molar-refractivity contribution in [3.8, 4) is 5.75 Å². The number of hydrogen-bond acceptors (Lipinski definition) is 4. The van der Waals surface area contributed by atoms with Crippen molar-refractivity contribution < 1.29 is 18.7 Å². The molecule has 1 saturated heterocycles. The van der Waals surface area contributed by atoms with E-state index < -0.39 is 11.7 Å². The number of nitrogens with one attached hydrogen (secondary N) is 1. The Balaban J connectivity index is 1.25. The van der Waals surface area contributed by atoms with E-state index in [2.05, 4.69) is 10.3 Å². The molecule has 1 N–H and O–H groups in total. The third-order valence-corrected chi connectivity index (χ3v) is 5.36. The highest BCUT2D eigenvalue weighted by Gasteiger charge is 2.36. The number of benzene rings is 2. The van der Waals surface area contributed by atoms with Crippen LogP contribution in [0.5, 0.6) is 5.75 Å². The smallest absolute Gasteiger partial charge is 0.227 e. The molecule has 160 valence electrons. The third-order valence-electron chi connectivity index (χ3n) is 5.36. The molecule has 1 atom stereocenters. The minimum atomic E-state index is -0.489. The minimum absolute atomic E-state index is 0.0807. The number of pyridine rings is 1. The number of fused-ring (bicyclic) bond motifs is 1. The summed E-state index contributed by atoms with van der Waals surface area (Å²) >= 11 is 0. The van der Waals surface area contributed by atoms with E-state index in [1.807, 2.05) is 30.3 Å². The second-order valence-corrected chi connectivity index (χ2v) is 7.68. The number of hydrogen-bond donors (Lipinski definition) is 1. The predicted molar refractivity (Wildman–Crippen MR) is 116 cm³/mol.